The lowest BCUT2D eigenvalue weighted by atomic mass is 9.75. The third-order valence-electron chi connectivity index (χ3n) is 7.30. The van der Waals surface area contributed by atoms with Crippen LogP contribution in [-0.2, 0) is 9.53 Å². The van der Waals surface area contributed by atoms with Crippen LogP contribution in [0, 0.1) is 11.8 Å². The van der Waals surface area contributed by atoms with E-state index in [0.29, 0.717) is 5.92 Å². The molecule has 0 N–H and O–H groups in total. The van der Waals surface area contributed by atoms with Crippen molar-refractivity contribution in [2.45, 2.75) is 135 Å². The number of carbonyl (C=O) groups is 1. The van der Waals surface area contributed by atoms with Gasteiger partial charge in [0.1, 0.15) is 0 Å². The number of unbranched alkanes of at least 4 members (excludes halogenated alkanes) is 9. The molecule has 28 heavy (non-hydrogen) atoms. The highest BCUT2D eigenvalue weighted by Crippen LogP contribution is 2.45. The van der Waals surface area contributed by atoms with Crippen molar-refractivity contribution in [1.29, 1.82) is 0 Å². The molecule has 0 radical (unpaired) electrons. The Morgan fingerprint density at radius 3 is 1.54 bits per heavy atom. The number of esters is 1. The van der Waals surface area contributed by atoms with Crippen LogP contribution in [0.25, 0.3) is 0 Å². The summed E-state index contributed by atoms with van der Waals surface area (Å²) in [5.41, 5.74) is 0. The topological polar surface area (TPSA) is 26.3 Å². The second kappa shape index (κ2) is 15.5. The Morgan fingerprint density at radius 2 is 1.21 bits per heavy atom. The summed E-state index contributed by atoms with van der Waals surface area (Å²) < 4.78 is 5.11. The molecular formula is C25H50O2Si. The molecule has 0 aliphatic heterocycles. The van der Waals surface area contributed by atoms with Gasteiger partial charge in [-0.15, -0.1) is 0 Å². The molecule has 2 unspecified atom stereocenters. The lowest BCUT2D eigenvalue weighted by molar-refractivity contribution is -0.151. The highest BCUT2D eigenvalue weighted by Gasteiger charge is 2.43. The first-order chi connectivity index (χ1) is 13.6. The van der Waals surface area contributed by atoms with E-state index in [9.17, 15) is 4.79 Å². The molecule has 0 aromatic rings. The lowest BCUT2D eigenvalue weighted by Crippen LogP contribution is -2.43. The Bertz CT molecular complexity index is 365. The van der Waals surface area contributed by atoms with E-state index in [1.54, 1.807) is 7.11 Å². The fourth-order valence-corrected chi connectivity index (χ4v) is 11.3. The van der Waals surface area contributed by atoms with Crippen LogP contribution in [0.5, 0.6) is 0 Å². The van der Waals surface area contributed by atoms with Gasteiger partial charge in [-0.3, -0.25) is 4.79 Å². The molecule has 0 heterocycles. The molecule has 2 atom stereocenters. The van der Waals surface area contributed by atoms with E-state index < -0.39 is 8.07 Å². The quantitative estimate of drug-likeness (QED) is 0.129. The van der Waals surface area contributed by atoms with Crippen LogP contribution in [0.15, 0.2) is 0 Å². The van der Waals surface area contributed by atoms with Crippen LogP contribution in [0.2, 0.25) is 24.2 Å². The molecule has 0 aromatic carbocycles. The highest BCUT2D eigenvalue weighted by atomic mass is 28.3. The van der Waals surface area contributed by atoms with E-state index in [-0.39, 0.29) is 11.9 Å². The van der Waals surface area contributed by atoms with Gasteiger partial charge in [0.05, 0.1) is 21.1 Å². The van der Waals surface area contributed by atoms with Crippen molar-refractivity contribution in [2.24, 2.45) is 11.8 Å². The average Bonchev–Trinajstić information content (AvgIpc) is 2.69. The van der Waals surface area contributed by atoms with Crippen molar-refractivity contribution < 1.29 is 9.53 Å². The van der Waals surface area contributed by atoms with Gasteiger partial charge in [-0.2, -0.15) is 0 Å². The zero-order valence-corrected chi connectivity index (χ0v) is 20.7. The van der Waals surface area contributed by atoms with E-state index in [1.165, 1.54) is 108 Å². The fourth-order valence-electron chi connectivity index (χ4n) is 5.29. The number of hydrogen-bond donors (Lipinski definition) is 0. The number of methoxy groups -OCH3 is 1. The van der Waals surface area contributed by atoms with Crippen molar-refractivity contribution in [2.75, 3.05) is 7.11 Å². The largest absolute Gasteiger partial charge is 0.469 e. The monoisotopic (exact) mass is 410 g/mol. The SMILES string of the molecule is CCCCCC[Si](CCCCCC)(CCCCCC)CC1CCC1C(=O)OC. The second-order valence-electron chi connectivity index (χ2n) is 9.60. The molecule has 1 aliphatic rings. The van der Waals surface area contributed by atoms with Crippen molar-refractivity contribution in [3.05, 3.63) is 0 Å². The molecule has 0 spiro atoms. The summed E-state index contributed by atoms with van der Waals surface area (Å²) in [6.07, 6.45) is 19.1. The first-order valence-electron chi connectivity index (χ1n) is 12.7. The molecule has 0 bridgehead atoms. The second-order valence-corrected chi connectivity index (χ2v) is 14.5. The maximum absolute atomic E-state index is 12.2. The molecule has 0 amide bonds. The Hall–Kier alpha value is -0.313. The molecule has 1 fully saturated rings. The van der Waals surface area contributed by atoms with Gasteiger partial charge < -0.3 is 4.74 Å². The maximum Gasteiger partial charge on any atom is 0.308 e. The smallest absolute Gasteiger partial charge is 0.308 e. The molecule has 2 nitrogen and oxygen atoms in total. The molecule has 3 heteroatoms. The Morgan fingerprint density at radius 1 is 0.750 bits per heavy atom. The van der Waals surface area contributed by atoms with Gasteiger partial charge >= 0.3 is 5.97 Å². The molecule has 1 rings (SSSR count). The number of carbonyl (C=O) groups excluding carboxylic acids is 1. The van der Waals surface area contributed by atoms with Gasteiger partial charge in [-0.1, -0.05) is 122 Å². The third kappa shape index (κ3) is 9.46. The summed E-state index contributed by atoms with van der Waals surface area (Å²) in [4.78, 5) is 12.2. The van der Waals surface area contributed by atoms with Gasteiger partial charge in [-0.05, 0) is 18.8 Å². The molecule has 0 saturated heterocycles. The van der Waals surface area contributed by atoms with E-state index in [2.05, 4.69) is 20.8 Å². The first kappa shape index (κ1) is 25.7. The van der Waals surface area contributed by atoms with Gasteiger partial charge in [0, 0.05) is 0 Å². The molecule has 166 valence electrons. The van der Waals surface area contributed by atoms with Gasteiger partial charge in [-0.25, -0.2) is 0 Å². The average molecular weight is 411 g/mol. The molecule has 1 saturated carbocycles. The maximum atomic E-state index is 12.2. The molecule has 0 aromatic heterocycles. The number of rotatable bonds is 18. The zero-order valence-electron chi connectivity index (χ0n) is 19.7. The summed E-state index contributed by atoms with van der Waals surface area (Å²) in [7, 11) is 0.286. The van der Waals surface area contributed by atoms with Gasteiger partial charge in [0.25, 0.3) is 0 Å². The zero-order chi connectivity index (χ0) is 20.7. The lowest BCUT2D eigenvalue weighted by Gasteiger charge is -2.42. The highest BCUT2D eigenvalue weighted by molar-refractivity contribution is 6.80. The van der Waals surface area contributed by atoms with Crippen molar-refractivity contribution in [1.82, 2.24) is 0 Å². The predicted molar refractivity (Wildman–Crippen MR) is 126 cm³/mol. The van der Waals surface area contributed by atoms with E-state index in [1.807, 2.05) is 0 Å². The number of ether oxygens (including phenoxy) is 1. The molecule has 1 aliphatic carbocycles. The first-order valence-corrected chi connectivity index (χ1v) is 15.5. The Kier molecular flexibility index (Phi) is 14.3. The van der Waals surface area contributed by atoms with Crippen LogP contribution in [0.1, 0.15) is 111 Å². The Balaban J connectivity index is 2.77. The minimum atomic E-state index is -1.29. The fraction of sp³-hybridized carbons (Fsp3) is 0.960. The Labute approximate surface area is 177 Å². The predicted octanol–water partition coefficient (Wildman–Crippen LogP) is 8.38. The van der Waals surface area contributed by atoms with Crippen LogP contribution >= 0.6 is 0 Å². The summed E-state index contributed by atoms with van der Waals surface area (Å²) in [5, 5.41) is 0. The standard InChI is InChI=1S/C25H50O2Si/c1-5-8-11-14-19-28(20-15-12-9-6-2,21-16-13-10-7-3)22-23-17-18-24(23)25(26)27-4/h23-24H,5-22H2,1-4H3. The normalized spacial score (nSPS) is 19.4. The molecular weight excluding hydrogens is 360 g/mol. The summed E-state index contributed by atoms with van der Waals surface area (Å²) in [5.74, 6) is 0.934. The van der Waals surface area contributed by atoms with Crippen LogP contribution in [-0.4, -0.2) is 21.2 Å². The minimum absolute atomic E-state index is 0.0714. The van der Waals surface area contributed by atoms with E-state index in [0.717, 1.165) is 6.42 Å². The van der Waals surface area contributed by atoms with Crippen molar-refractivity contribution in [3.63, 3.8) is 0 Å². The van der Waals surface area contributed by atoms with E-state index in [4.69, 9.17) is 4.74 Å². The van der Waals surface area contributed by atoms with Crippen LogP contribution < -0.4 is 0 Å². The van der Waals surface area contributed by atoms with E-state index >= 15 is 0 Å². The van der Waals surface area contributed by atoms with Crippen LogP contribution in [0.3, 0.4) is 0 Å². The van der Waals surface area contributed by atoms with Crippen molar-refractivity contribution >= 4 is 14.0 Å². The minimum Gasteiger partial charge on any atom is -0.469 e. The van der Waals surface area contributed by atoms with Gasteiger partial charge in [0.2, 0.25) is 0 Å². The summed E-state index contributed by atoms with van der Waals surface area (Å²) in [6, 6.07) is 5.98. The summed E-state index contributed by atoms with van der Waals surface area (Å²) in [6.45, 7) is 6.94. The van der Waals surface area contributed by atoms with Crippen molar-refractivity contribution in [3.8, 4) is 0 Å². The number of hydrogen-bond acceptors (Lipinski definition) is 2. The van der Waals surface area contributed by atoms with Crippen LogP contribution in [0.4, 0.5) is 0 Å². The third-order valence-corrected chi connectivity index (χ3v) is 12.9. The summed E-state index contributed by atoms with van der Waals surface area (Å²) >= 11 is 0. The van der Waals surface area contributed by atoms with Gasteiger partial charge in [0.15, 0.2) is 0 Å².